The van der Waals surface area contributed by atoms with Crippen molar-refractivity contribution in [3.8, 4) is 5.75 Å². The number of non-ortho nitro benzene ring substituents is 1. The molecule has 1 aromatic heterocycles. The summed E-state index contributed by atoms with van der Waals surface area (Å²) in [4.78, 5) is 23.2. The number of amides is 1. The zero-order valence-corrected chi connectivity index (χ0v) is 18.9. The van der Waals surface area contributed by atoms with Gasteiger partial charge in [-0.3, -0.25) is 14.9 Å². The number of nitrogens with one attached hydrogen (secondary N) is 1. The Morgan fingerprint density at radius 1 is 1.15 bits per heavy atom. The molecule has 0 saturated carbocycles. The van der Waals surface area contributed by atoms with Crippen LogP contribution in [0.1, 0.15) is 19.8 Å². The van der Waals surface area contributed by atoms with Crippen molar-refractivity contribution < 1.29 is 22.9 Å². The smallest absolute Gasteiger partial charge is 0.270 e. The van der Waals surface area contributed by atoms with Crippen LogP contribution in [-0.2, 0) is 21.4 Å². The molecule has 0 unspecified atom stereocenters. The van der Waals surface area contributed by atoms with Crippen molar-refractivity contribution in [3.05, 3.63) is 58.8 Å². The fraction of sp³-hybridized carbons (Fsp3) is 0.318. The molecule has 0 bridgehead atoms. The maximum absolute atomic E-state index is 13.1. The van der Waals surface area contributed by atoms with E-state index in [2.05, 4.69) is 5.32 Å². The molecule has 1 N–H and O–H groups in total. The lowest BCUT2D eigenvalue weighted by molar-refractivity contribution is -0.384. The molecular weight excluding hydrogens is 448 g/mol. The number of carbonyl (C=O) groups is 1. The average Bonchev–Trinajstić information content (AvgIpc) is 3.45. The van der Waals surface area contributed by atoms with Crippen LogP contribution in [-0.4, -0.2) is 47.8 Å². The third-order valence-corrected chi connectivity index (χ3v) is 7.41. The van der Waals surface area contributed by atoms with Crippen molar-refractivity contribution in [1.82, 2.24) is 8.87 Å². The van der Waals surface area contributed by atoms with Gasteiger partial charge in [-0.15, -0.1) is 0 Å². The third kappa shape index (κ3) is 4.69. The lowest BCUT2D eigenvalue weighted by Gasteiger charge is -2.19. The number of aromatic nitrogens is 1. The van der Waals surface area contributed by atoms with Gasteiger partial charge >= 0.3 is 0 Å². The number of benzene rings is 2. The van der Waals surface area contributed by atoms with Crippen LogP contribution in [0.5, 0.6) is 5.75 Å². The van der Waals surface area contributed by atoms with Crippen LogP contribution in [0.25, 0.3) is 10.9 Å². The van der Waals surface area contributed by atoms with E-state index in [1.54, 1.807) is 42.0 Å². The second-order valence-electron chi connectivity index (χ2n) is 7.70. The van der Waals surface area contributed by atoms with Crippen LogP contribution in [0.2, 0.25) is 0 Å². The molecule has 2 aromatic carbocycles. The number of nitro groups is 1. The molecule has 2 heterocycles. The summed E-state index contributed by atoms with van der Waals surface area (Å²) in [6.45, 7) is 2.97. The molecule has 0 radical (unpaired) electrons. The van der Waals surface area contributed by atoms with E-state index in [-0.39, 0.29) is 28.8 Å². The van der Waals surface area contributed by atoms with Gasteiger partial charge in [-0.2, -0.15) is 4.31 Å². The number of hydrogen-bond acceptors (Lipinski definition) is 6. The van der Waals surface area contributed by atoms with E-state index in [1.807, 2.05) is 0 Å². The fourth-order valence-electron chi connectivity index (χ4n) is 3.92. The van der Waals surface area contributed by atoms with Crippen molar-refractivity contribution in [2.24, 2.45) is 0 Å². The summed E-state index contributed by atoms with van der Waals surface area (Å²) in [5.41, 5.74) is 0.999. The van der Waals surface area contributed by atoms with E-state index < -0.39 is 14.9 Å². The summed E-state index contributed by atoms with van der Waals surface area (Å²) < 4.78 is 34.9. The predicted octanol–water partition coefficient (Wildman–Crippen LogP) is 3.37. The minimum atomic E-state index is -3.74. The van der Waals surface area contributed by atoms with Crippen LogP contribution < -0.4 is 10.1 Å². The number of fused-ring (bicyclic) bond motifs is 1. The molecule has 10 nitrogen and oxygen atoms in total. The Labute approximate surface area is 191 Å². The Hall–Kier alpha value is -3.44. The molecule has 174 valence electrons. The number of nitro benzene ring substituents is 1. The Morgan fingerprint density at radius 2 is 1.91 bits per heavy atom. The van der Waals surface area contributed by atoms with Crippen LogP contribution in [0.15, 0.2) is 53.6 Å². The number of carbonyl (C=O) groups excluding carboxylic acids is 1. The average molecular weight is 473 g/mol. The highest BCUT2D eigenvalue weighted by Gasteiger charge is 2.30. The lowest BCUT2D eigenvalue weighted by Crippen LogP contribution is -2.28. The summed E-state index contributed by atoms with van der Waals surface area (Å²) in [5.74, 6) is -0.111. The van der Waals surface area contributed by atoms with Crippen molar-refractivity contribution >= 4 is 38.2 Å². The fourth-order valence-corrected chi connectivity index (χ4v) is 5.60. The summed E-state index contributed by atoms with van der Waals surface area (Å²) in [7, 11) is -3.74. The largest absolute Gasteiger partial charge is 0.492 e. The first kappa shape index (κ1) is 22.7. The SMILES string of the molecule is CCOc1ccc(NC(=O)Cn2ccc3cc([N+](=O)[O-])ccc32)cc1S(=O)(=O)N1CCCC1. The van der Waals surface area contributed by atoms with Crippen LogP contribution in [0.3, 0.4) is 0 Å². The summed E-state index contributed by atoms with van der Waals surface area (Å²) in [5, 5.41) is 14.3. The van der Waals surface area contributed by atoms with Crippen LogP contribution >= 0.6 is 0 Å². The van der Waals surface area contributed by atoms with E-state index >= 15 is 0 Å². The van der Waals surface area contributed by atoms with Gasteiger partial charge < -0.3 is 14.6 Å². The molecule has 33 heavy (non-hydrogen) atoms. The molecule has 3 aromatic rings. The van der Waals surface area contributed by atoms with Gasteiger partial charge in [-0.05, 0) is 50.1 Å². The molecule has 0 atom stereocenters. The van der Waals surface area contributed by atoms with E-state index in [9.17, 15) is 23.3 Å². The summed E-state index contributed by atoms with van der Waals surface area (Å²) in [6, 6.07) is 10.7. The zero-order valence-electron chi connectivity index (χ0n) is 18.1. The molecule has 1 aliphatic heterocycles. The van der Waals surface area contributed by atoms with Gasteiger partial charge in [0.15, 0.2) is 0 Å². The maximum atomic E-state index is 13.1. The van der Waals surface area contributed by atoms with E-state index in [1.165, 1.54) is 22.5 Å². The monoisotopic (exact) mass is 472 g/mol. The van der Waals surface area contributed by atoms with Gasteiger partial charge in [0.1, 0.15) is 17.2 Å². The second-order valence-corrected chi connectivity index (χ2v) is 9.60. The number of rotatable bonds is 8. The van der Waals surface area contributed by atoms with Gasteiger partial charge in [0.05, 0.1) is 11.5 Å². The van der Waals surface area contributed by atoms with Crippen molar-refractivity contribution in [2.75, 3.05) is 25.0 Å². The Morgan fingerprint density at radius 3 is 2.61 bits per heavy atom. The summed E-state index contributed by atoms with van der Waals surface area (Å²) >= 11 is 0. The highest BCUT2D eigenvalue weighted by atomic mass is 32.2. The number of ether oxygens (including phenoxy) is 1. The Kier molecular flexibility index (Phi) is 6.34. The quantitative estimate of drug-likeness (QED) is 0.396. The molecule has 0 spiro atoms. The van der Waals surface area contributed by atoms with Crippen molar-refractivity contribution in [1.29, 1.82) is 0 Å². The first-order valence-electron chi connectivity index (χ1n) is 10.6. The second kappa shape index (κ2) is 9.20. The minimum absolute atomic E-state index is 0.0224. The molecule has 1 amide bonds. The van der Waals surface area contributed by atoms with Gasteiger partial charge in [0.25, 0.3) is 5.69 Å². The van der Waals surface area contributed by atoms with Gasteiger partial charge in [-0.1, -0.05) is 0 Å². The molecule has 11 heteroatoms. The van der Waals surface area contributed by atoms with E-state index in [0.717, 1.165) is 12.8 Å². The molecule has 0 aliphatic carbocycles. The number of nitrogens with zero attached hydrogens (tertiary/aromatic N) is 3. The molecule has 1 fully saturated rings. The van der Waals surface area contributed by atoms with Crippen molar-refractivity contribution in [2.45, 2.75) is 31.2 Å². The minimum Gasteiger partial charge on any atom is -0.492 e. The zero-order chi connectivity index (χ0) is 23.6. The van der Waals surface area contributed by atoms with Gasteiger partial charge in [0, 0.05) is 48.0 Å². The third-order valence-electron chi connectivity index (χ3n) is 5.49. The Bertz CT molecular complexity index is 1310. The van der Waals surface area contributed by atoms with Gasteiger partial charge in [0.2, 0.25) is 15.9 Å². The van der Waals surface area contributed by atoms with Crippen LogP contribution in [0.4, 0.5) is 11.4 Å². The number of hydrogen-bond donors (Lipinski definition) is 1. The maximum Gasteiger partial charge on any atom is 0.270 e. The highest BCUT2D eigenvalue weighted by molar-refractivity contribution is 7.89. The van der Waals surface area contributed by atoms with Gasteiger partial charge in [-0.25, -0.2) is 8.42 Å². The normalized spacial score (nSPS) is 14.5. The molecule has 4 rings (SSSR count). The van der Waals surface area contributed by atoms with E-state index in [0.29, 0.717) is 36.3 Å². The lowest BCUT2D eigenvalue weighted by atomic mass is 10.2. The molecule has 1 saturated heterocycles. The first-order chi connectivity index (χ1) is 15.8. The Balaban J connectivity index is 1.56. The summed E-state index contributed by atoms with van der Waals surface area (Å²) in [6.07, 6.45) is 3.30. The van der Waals surface area contributed by atoms with Crippen LogP contribution in [0, 0.1) is 10.1 Å². The topological polar surface area (TPSA) is 124 Å². The van der Waals surface area contributed by atoms with Crippen molar-refractivity contribution in [3.63, 3.8) is 0 Å². The molecular formula is C22H24N4O6S. The van der Waals surface area contributed by atoms with E-state index in [4.69, 9.17) is 4.74 Å². The standard InChI is InChI=1S/C22H24N4O6S/c1-2-32-20-8-5-17(14-21(20)33(30,31)25-10-3-4-11-25)23-22(27)15-24-12-9-16-13-18(26(28)29)6-7-19(16)24/h5-9,12-14H,2-4,10-11,15H2,1H3,(H,23,27). The first-order valence-corrected chi connectivity index (χ1v) is 12.0. The number of sulfonamides is 1. The molecule has 1 aliphatic rings. The predicted molar refractivity (Wildman–Crippen MR) is 123 cm³/mol. The highest BCUT2D eigenvalue weighted by Crippen LogP contribution is 2.32. The number of anilines is 1.